The first kappa shape index (κ1) is 12.8. The highest BCUT2D eigenvalue weighted by atomic mass is 32.1. The van der Waals surface area contributed by atoms with Gasteiger partial charge in [-0.2, -0.15) is 0 Å². The molecular formula is C13H11NO2S2. The van der Waals surface area contributed by atoms with Crippen LogP contribution in [0.3, 0.4) is 0 Å². The van der Waals surface area contributed by atoms with E-state index in [-0.39, 0.29) is 6.54 Å². The Morgan fingerprint density at radius 1 is 1.33 bits per heavy atom. The van der Waals surface area contributed by atoms with Gasteiger partial charge in [-0.1, -0.05) is 18.1 Å². The van der Waals surface area contributed by atoms with Gasteiger partial charge in [-0.15, -0.1) is 29.1 Å². The number of nitrogens with one attached hydrogen (secondary N) is 1. The third-order valence-electron chi connectivity index (χ3n) is 2.44. The number of hydrogen-bond acceptors (Lipinski definition) is 4. The van der Waals surface area contributed by atoms with Crippen molar-refractivity contribution in [3.8, 4) is 12.3 Å². The summed E-state index contributed by atoms with van der Waals surface area (Å²) in [5.41, 5.74) is -1.65. The first-order valence-electron chi connectivity index (χ1n) is 5.21. The van der Waals surface area contributed by atoms with Crippen LogP contribution in [0.25, 0.3) is 0 Å². The number of terminal acetylenes is 1. The fourth-order valence-corrected chi connectivity index (χ4v) is 3.31. The van der Waals surface area contributed by atoms with Crippen molar-refractivity contribution in [1.29, 1.82) is 0 Å². The first-order valence-corrected chi connectivity index (χ1v) is 6.97. The van der Waals surface area contributed by atoms with Crippen molar-refractivity contribution < 1.29 is 9.90 Å². The Labute approximate surface area is 113 Å². The van der Waals surface area contributed by atoms with Gasteiger partial charge in [0.05, 0.1) is 16.3 Å². The Morgan fingerprint density at radius 3 is 2.28 bits per heavy atom. The third kappa shape index (κ3) is 2.18. The van der Waals surface area contributed by atoms with Crippen LogP contribution in [0, 0.1) is 12.3 Å². The predicted molar refractivity (Wildman–Crippen MR) is 73.5 cm³/mol. The molecule has 0 saturated carbocycles. The molecule has 2 aromatic heterocycles. The van der Waals surface area contributed by atoms with Crippen LogP contribution in [0.5, 0.6) is 0 Å². The first-order chi connectivity index (χ1) is 8.69. The third-order valence-corrected chi connectivity index (χ3v) is 4.39. The summed E-state index contributed by atoms with van der Waals surface area (Å²) in [6, 6.07) is 7.07. The number of thiophene rings is 2. The number of carbonyl (C=O) groups excluding carboxylic acids is 1. The maximum absolute atomic E-state index is 12.2. The molecule has 0 aliphatic carbocycles. The molecule has 1 amide bonds. The van der Waals surface area contributed by atoms with E-state index in [0.717, 1.165) is 0 Å². The Hall–Kier alpha value is -1.61. The lowest BCUT2D eigenvalue weighted by Gasteiger charge is -2.24. The van der Waals surface area contributed by atoms with Crippen molar-refractivity contribution in [2.24, 2.45) is 0 Å². The maximum atomic E-state index is 12.2. The molecule has 0 aliphatic heterocycles. The summed E-state index contributed by atoms with van der Waals surface area (Å²) < 4.78 is 0. The molecule has 0 fully saturated rings. The summed E-state index contributed by atoms with van der Waals surface area (Å²) in [5.74, 6) is 1.83. The lowest BCUT2D eigenvalue weighted by atomic mass is 9.98. The van der Waals surface area contributed by atoms with E-state index in [1.165, 1.54) is 22.7 Å². The molecule has 3 nitrogen and oxygen atoms in total. The predicted octanol–water partition coefficient (Wildman–Crippen LogP) is 1.79. The molecule has 2 aromatic rings. The fourth-order valence-electron chi connectivity index (χ4n) is 1.57. The van der Waals surface area contributed by atoms with Crippen LogP contribution in [0.1, 0.15) is 9.75 Å². The van der Waals surface area contributed by atoms with E-state index in [2.05, 4.69) is 11.2 Å². The average Bonchev–Trinajstić information content (AvgIpc) is 3.05. The molecule has 92 valence electrons. The molecule has 0 spiro atoms. The molecule has 0 radical (unpaired) electrons. The topological polar surface area (TPSA) is 49.3 Å². The van der Waals surface area contributed by atoms with Gasteiger partial charge in [0.2, 0.25) is 5.60 Å². The normalized spacial score (nSPS) is 10.9. The van der Waals surface area contributed by atoms with Gasteiger partial charge in [-0.3, -0.25) is 4.79 Å². The van der Waals surface area contributed by atoms with Crippen molar-refractivity contribution in [2.45, 2.75) is 5.60 Å². The zero-order chi connectivity index (χ0) is 13.0. The monoisotopic (exact) mass is 277 g/mol. The SMILES string of the molecule is C#CCNC(=O)C(O)(c1cccs1)c1cccs1. The number of carbonyl (C=O) groups is 1. The number of amides is 1. The highest BCUT2D eigenvalue weighted by Crippen LogP contribution is 2.35. The average molecular weight is 277 g/mol. The largest absolute Gasteiger partial charge is 0.371 e. The minimum absolute atomic E-state index is 0.0951. The molecule has 2 rings (SSSR count). The van der Waals surface area contributed by atoms with E-state index in [1.807, 2.05) is 10.8 Å². The van der Waals surface area contributed by atoms with Gasteiger partial charge in [0.25, 0.3) is 5.91 Å². The van der Waals surface area contributed by atoms with Gasteiger partial charge in [-0.25, -0.2) is 0 Å². The van der Waals surface area contributed by atoms with Gasteiger partial charge in [0.1, 0.15) is 0 Å². The van der Waals surface area contributed by atoms with E-state index < -0.39 is 11.5 Å². The second-order valence-electron chi connectivity index (χ2n) is 3.55. The Bertz CT molecular complexity index is 518. The molecule has 0 aliphatic rings. The smallest absolute Gasteiger partial charge is 0.263 e. The summed E-state index contributed by atoms with van der Waals surface area (Å²) in [4.78, 5) is 13.3. The fraction of sp³-hybridized carbons (Fsp3) is 0.154. The maximum Gasteiger partial charge on any atom is 0.263 e. The lowest BCUT2D eigenvalue weighted by molar-refractivity contribution is -0.135. The van der Waals surface area contributed by atoms with Crippen molar-refractivity contribution in [3.63, 3.8) is 0 Å². The minimum Gasteiger partial charge on any atom is -0.371 e. The molecule has 0 unspecified atom stereocenters. The standard InChI is InChI=1S/C13H11NO2S2/c1-2-7-14-12(15)13(16,10-5-3-8-17-10)11-6-4-9-18-11/h1,3-6,8-9,16H,7H2,(H,14,15). The van der Waals surface area contributed by atoms with Crippen LogP contribution >= 0.6 is 22.7 Å². The number of rotatable bonds is 4. The Kier molecular flexibility index (Phi) is 3.82. The lowest BCUT2D eigenvalue weighted by Crippen LogP contribution is -2.44. The highest BCUT2D eigenvalue weighted by Gasteiger charge is 2.41. The quantitative estimate of drug-likeness (QED) is 0.837. The summed E-state index contributed by atoms with van der Waals surface area (Å²) in [5, 5.41) is 16.9. The summed E-state index contributed by atoms with van der Waals surface area (Å²) in [6.07, 6.45) is 5.12. The molecule has 0 bridgehead atoms. The van der Waals surface area contributed by atoms with Crippen LogP contribution in [0.4, 0.5) is 0 Å². The van der Waals surface area contributed by atoms with Crippen molar-refractivity contribution in [2.75, 3.05) is 6.54 Å². The van der Waals surface area contributed by atoms with Gasteiger partial charge < -0.3 is 10.4 Å². The van der Waals surface area contributed by atoms with Crippen molar-refractivity contribution >= 4 is 28.6 Å². The molecule has 18 heavy (non-hydrogen) atoms. The van der Waals surface area contributed by atoms with Gasteiger partial charge >= 0.3 is 0 Å². The zero-order valence-corrected chi connectivity index (χ0v) is 11.1. The van der Waals surface area contributed by atoms with Crippen LogP contribution in [0.2, 0.25) is 0 Å². The van der Waals surface area contributed by atoms with E-state index in [9.17, 15) is 9.90 Å². The Balaban J connectivity index is 2.42. The second-order valence-corrected chi connectivity index (χ2v) is 5.45. The van der Waals surface area contributed by atoms with E-state index in [4.69, 9.17) is 6.42 Å². The molecule has 2 heterocycles. The van der Waals surface area contributed by atoms with Crippen molar-refractivity contribution in [3.05, 3.63) is 44.8 Å². The molecule has 2 N–H and O–H groups in total. The zero-order valence-electron chi connectivity index (χ0n) is 9.42. The van der Waals surface area contributed by atoms with E-state index in [1.54, 1.807) is 24.3 Å². The van der Waals surface area contributed by atoms with E-state index in [0.29, 0.717) is 9.75 Å². The van der Waals surface area contributed by atoms with E-state index >= 15 is 0 Å². The molecular weight excluding hydrogens is 266 g/mol. The molecule has 5 heteroatoms. The molecule has 0 saturated heterocycles. The highest BCUT2D eigenvalue weighted by molar-refractivity contribution is 7.12. The van der Waals surface area contributed by atoms with Crippen LogP contribution < -0.4 is 5.32 Å². The summed E-state index contributed by atoms with van der Waals surface area (Å²) in [6.45, 7) is 0.0951. The molecule has 0 aromatic carbocycles. The molecule has 0 atom stereocenters. The van der Waals surface area contributed by atoms with Crippen LogP contribution in [-0.2, 0) is 10.4 Å². The second kappa shape index (κ2) is 5.36. The number of aliphatic hydroxyl groups is 1. The van der Waals surface area contributed by atoms with Gasteiger partial charge in [0, 0.05) is 0 Å². The van der Waals surface area contributed by atoms with Gasteiger partial charge in [0.15, 0.2) is 0 Å². The number of hydrogen-bond donors (Lipinski definition) is 2. The summed E-state index contributed by atoms with van der Waals surface area (Å²) in [7, 11) is 0. The van der Waals surface area contributed by atoms with Crippen LogP contribution in [-0.4, -0.2) is 17.6 Å². The van der Waals surface area contributed by atoms with Crippen LogP contribution in [0.15, 0.2) is 35.0 Å². The minimum atomic E-state index is -1.65. The summed E-state index contributed by atoms with van der Waals surface area (Å²) >= 11 is 2.67. The van der Waals surface area contributed by atoms with Gasteiger partial charge in [-0.05, 0) is 22.9 Å². The van der Waals surface area contributed by atoms with Crippen molar-refractivity contribution in [1.82, 2.24) is 5.32 Å². The Morgan fingerprint density at radius 2 is 1.89 bits per heavy atom.